The molecule has 0 spiro atoms. The number of pyridine rings is 1. The Morgan fingerprint density at radius 1 is 1.03 bits per heavy atom. The molecule has 1 atom stereocenters. The highest BCUT2D eigenvalue weighted by molar-refractivity contribution is 7.89. The Morgan fingerprint density at radius 3 is 2.63 bits per heavy atom. The quantitative estimate of drug-likeness (QED) is 0.567. The maximum atomic E-state index is 13.0. The Kier molecular flexibility index (Phi) is 6.99. The molecule has 1 N–H and O–H groups in total. The number of morpholine rings is 1. The van der Waals surface area contributed by atoms with Gasteiger partial charge in [0.05, 0.1) is 29.5 Å². The van der Waals surface area contributed by atoms with Crippen LogP contribution in [0, 0.1) is 5.92 Å². The fraction of sp³-hybridized carbons (Fsp3) is 0.385. The molecule has 2 aliphatic heterocycles. The van der Waals surface area contributed by atoms with E-state index < -0.39 is 10.0 Å². The molecule has 9 heteroatoms. The summed E-state index contributed by atoms with van der Waals surface area (Å²) in [5.41, 5.74) is 1.82. The van der Waals surface area contributed by atoms with Crippen LogP contribution >= 0.6 is 0 Å². The zero-order valence-corrected chi connectivity index (χ0v) is 20.4. The topological polar surface area (TPSA) is 91.8 Å². The van der Waals surface area contributed by atoms with Gasteiger partial charge < -0.3 is 15.0 Å². The molecule has 1 aromatic heterocycles. The minimum absolute atomic E-state index is 0.0669. The molecule has 8 nitrogen and oxygen atoms in total. The second kappa shape index (κ2) is 10.3. The summed E-state index contributed by atoms with van der Waals surface area (Å²) < 4.78 is 32.7. The normalized spacial score (nSPS) is 19.5. The number of anilines is 1. The number of nitrogens with zero attached hydrogens (tertiary/aromatic N) is 3. The van der Waals surface area contributed by atoms with E-state index in [0.29, 0.717) is 39.4 Å². The number of ether oxygens (including phenoxy) is 1. The maximum Gasteiger partial charge on any atom is 0.243 e. The molecular formula is C26H30N4O4S. The number of benzene rings is 2. The molecule has 0 bridgehead atoms. The van der Waals surface area contributed by atoms with Gasteiger partial charge in [-0.25, -0.2) is 13.4 Å². The summed E-state index contributed by atoms with van der Waals surface area (Å²) in [5.74, 6) is 0.783. The molecule has 2 aromatic carbocycles. The predicted octanol–water partition coefficient (Wildman–Crippen LogP) is 2.79. The highest BCUT2D eigenvalue weighted by Gasteiger charge is 2.28. The second-order valence-corrected chi connectivity index (χ2v) is 11.0. The van der Waals surface area contributed by atoms with Crippen LogP contribution in [0.15, 0.2) is 65.6 Å². The number of amides is 1. The molecule has 1 amide bonds. The number of aromatic nitrogens is 1. The monoisotopic (exact) mass is 494 g/mol. The summed E-state index contributed by atoms with van der Waals surface area (Å²) in [7, 11) is -3.56. The molecule has 35 heavy (non-hydrogen) atoms. The van der Waals surface area contributed by atoms with Crippen molar-refractivity contribution in [3.05, 3.63) is 66.2 Å². The average Bonchev–Trinajstić information content (AvgIpc) is 2.92. The first-order valence-corrected chi connectivity index (χ1v) is 13.5. The van der Waals surface area contributed by atoms with Gasteiger partial charge in [-0.15, -0.1) is 0 Å². The van der Waals surface area contributed by atoms with Gasteiger partial charge in [0.25, 0.3) is 0 Å². The minimum Gasteiger partial charge on any atom is -0.379 e. The summed E-state index contributed by atoms with van der Waals surface area (Å²) in [6.07, 6.45) is 1.77. The van der Waals surface area contributed by atoms with E-state index in [1.165, 1.54) is 4.31 Å². The smallest absolute Gasteiger partial charge is 0.243 e. The minimum atomic E-state index is -3.56. The third kappa shape index (κ3) is 5.32. The van der Waals surface area contributed by atoms with Gasteiger partial charge in [0.1, 0.15) is 5.82 Å². The van der Waals surface area contributed by atoms with Gasteiger partial charge in [-0.1, -0.05) is 30.3 Å². The highest BCUT2D eigenvalue weighted by atomic mass is 32.2. The lowest BCUT2D eigenvalue weighted by Crippen LogP contribution is -2.43. The maximum absolute atomic E-state index is 13.0. The summed E-state index contributed by atoms with van der Waals surface area (Å²) in [6, 6.07) is 18.8. The number of sulfonamides is 1. The zero-order chi connectivity index (χ0) is 24.3. The van der Waals surface area contributed by atoms with E-state index in [4.69, 9.17) is 9.72 Å². The van der Waals surface area contributed by atoms with E-state index in [1.54, 1.807) is 18.2 Å². The van der Waals surface area contributed by atoms with Crippen LogP contribution in [-0.4, -0.2) is 63.0 Å². The van der Waals surface area contributed by atoms with Gasteiger partial charge in [-0.05, 0) is 48.7 Å². The van der Waals surface area contributed by atoms with Crippen molar-refractivity contribution in [2.45, 2.75) is 24.3 Å². The number of nitrogens with one attached hydrogen (secondary N) is 1. The Balaban J connectivity index is 1.28. The summed E-state index contributed by atoms with van der Waals surface area (Å²) >= 11 is 0. The van der Waals surface area contributed by atoms with Crippen molar-refractivity contribution in [1.82, 2.24) is 14.6 Å². The fourth-order valence-corrected chi connectivity index (χ4v) is 6.14. The number of carbonyl (C=O) groups excluding carboxylic acids is 1. The number of piperidine rings is 1. The average molecular weight is 495 g/mol. The Hall–Kier alpha value is -3.01. The standard InChI is InChI=1S/C26H30N4O4S/c31-26(27-18-20-5-2-1-3-6-20)22-7-4-12-29(19-22)25-11-8-21-17-23(9-10-24(21)28-25)35(32,33)30-13-15-34-16-14-30/h1-3,5-6,8-11,17,22H,4,7,12-16,18-19H2,(H,27,31)/t22-/m1/s1. The van der Waals surface area contributed by atoms with E-state index in [-0.39, 0.29) is 16.7 Å². The van der Waals surface area contributed by atoms with Crippen LogP contribution < -0.4 is 10.2 Å². The lowest BCUT2D eigenvalue weighted by Gasteiger charge is -2.33. The molecule has 0 saturated carbocycles. The molecule has 0 unspecified atom stereocenters. The number of hydrogen-bond donors (Lipinski definition) is 1. The molecule has 184 valence electrons. The zero-order valence-electron chi connectivity index (χ0n) is 19.6. The summed E-state index contributed by atoms with van der Waals surface area (Å²) in [4.78, 5) is 20.0. The summed E-state index contributed by atoms with van der Waals surface area (Å²) in [6.45, 7) is 3.55. The predicted molar refractivity (Wildman–Crippen MR) is 135 cm³/mol. The van der Waals surface area contributed by atoms with Crippen LogP contribution in [0.2, 0.25) is 0 Å². The van der Waals surface area contributed by atoms with Gasteiger partial charge in [-0.2, -0.15) is 4.31 Å². The van der Waals surface area contributed by atoms with E-state index in [0.717, 1.165) is 41.7 Å². The van der Waals surface area contributed by atoms with E-state index in [1.807, 2.05) is 42.5 Å². The molecule has 0 radical (unpaired) electrons. The van der Waals surface area contributed by atoms with Crippen LogP contribution in [-0.2, 0) is 26.1 Å². The van der Waals surface area contributed by atoms with Crippen molar-refractivity contribution in [2.24, 2.45) is 5.92 Å². The van der Waals surface area contributed by atoms with Crippen LogP contribution in [0.25, 0.3) is 10.9 Å². The van der Waals surface area contributed by atoms with Crippen molar-refractivity contribution in [3.8, 4) is 0 Å². The largest absolute Gasteiger partial charge is 0.379 e. The van der Waals surface area contributed by atoms with Gasteiger partial charge in [0.2, 0.25) is 15.9 Å². The fourth-order valence-electron chi connectivity index (χ4n) is 4.69. The first-order chi connectivity index (χ1) is 17.0. The van der Waals surface area contributed by atoms with Gasteiger partial charge in [0.15, 0.2) is 0 Å². The van der Waals surface area contributed by atoms with Gasteiger partial charge in [-0.3, -0.25) is 4.79 Å². The molecular weight excluding hydrogens is 464 g/mol. The van der Waals surface area contributed by atoms with Crippen molar-refractivity contribution in [3.63, 3.8) is 0 Å². The van der Waals surface area contributed by atoms with Crippen molar-refractivity contribution in [1.29, 1.82) is 0 Å². The highest BCUT2D eigenvalue weighted by Crippen LogP contribution is 2.26. The van der Waals surface area contributed by atoms with E-state index in [9.17, 15) is 13.2 Å². The third-order valence-electron chi connectivity index (χ3n) is 6.68. The SMILES string of the molecule is O=C(NCc1ccccc1)[C@@H]1CCCN(c2ccc3cc(S(=O)(=O)N4CCOCC4)ccc3n2)C1. The summed E-state index contributed by atoms with van der Waals surface area (Å²) in [5, 5.41) is 3.84. The Morgan fingerprint density at radius 2 is 1.83 bits per heavy atom. The molecule has 5 rings (SSSR count). The lowest BCUT2D eigenvalue weighted by atomic mass is 9.97. The lowest BCUT2D eigenvalue weighted by molar-refractivity contribution is -0.125. The van der Waals surface area contributed by atoms with Crippen molar-refractivity contribution < 1.29 is 17.9 Å². The van der Waals surface area contributed by atoms with Crippen LogP contribution in [0.4, 0.5) is 5.82 Å². The van der Waals surface area contributed by atoms with Crippen LogP contribution in [0.1, 0.15) is 18.4 Å². The first-order valence-electron chi connectivity index (χ1n) is 12.1. The van der Waals surface area contributed by atoms with Crippen molar-refractivity contribution >= 4 is 32.7 Å². The molecule has 2 fully saturated rings. The van der Waals surface area contributed by atoms with Gasteiger partial charge in [0, 0.05) is 38.1 Å². The van der Waals surface area contributed by atoms with E-state index in [2.05, 4.69) is 10.2 Å². The van der Waals surface area contributed by atoms with E-state index >= 15 is 0 Å². The molecule has 2 saturated heterocycles. The first kappa shape index (κ1) is 23.7. The molecule has 3 heterocycles. The second-order valence-electron chi connectivity index (χ2n) is 9.03. The Labute approximate surface area is 205 Å². The third-order valence-corrected chi connectivity index (χ3v) is 8.57. The van der Waals surface area contributed by atoms with Gasteiger partial charge >= 0.3 is 0 Å². The molecule has 0 aliphatic carbocycles. The number of rotatable bonds is 6. The number of hydrogen-bond acceptors (Lipinski definition) is 6. The molecule has 2 aliphatic rings. The number of carbonyl (C=O) groups is 1. The number of fused-ring (bicyclic) bond motifs is 1. The Bertz CT molecular complexity index is 1290. The molecule has 3 aromatic rings. The van der Waals surface area contributed by atoms with Crippen molar-refractivity contribution in [2.75, 3.05) is 44.3 Å². The van der Waals surface area contributed by atoms with Crippen LogP contribution in [0.3, 0.4) is 0 Å². The van der Waals surface area contributed by atoms with Crippen LogP contribution in [0.5, 0.6) is 0 Å².